The monoisotopic (exact) mass is 254 g/mol. The molecule has 0 unspecified atom stereocenters. The minimum absolute atomic E-state index is 0.0944. The quantitative estimate of drug-likeness (QED) is 0.678. The van der Waals surface area contributed by atoms with Gasteiger partial charge < -0.3 is 15.4 Å². The highest BCUT2D eigenvalue weighted by molar-refractivity contribution is 5.77. The second-order valence-corrected chi connectivity index (χ2v) is 5.49. The topological polar surface area (TPSA) is 50.4 Å². The van der Waals surface area contributed by atoms with Crippen molar-refractivity contribution in [2.24, 2.45) is 0 Å². The van der Waals surface area contributed by atoms with Crippen LogP contribution in [0.5, 0.6) is 0 Å². The SMILES string of the molecule is O=C(CNC1CCCC1)NCCOC1CCCC1. The third-order valence-electron chi connectivity index (χ3n) is 3.99. The van der Waals surface area contributed by atoms with Gasteiger partial charge in [0.1, 0.15) is 0 Å². The third-order valence-corrected chi connectivity index (χ3v) is 3.99. The summed E-state index contributed by atoms with van der Waals surface area (Å²) in [4.78, 5) is 11.6. The molecule has 0 aliphatic heterocycles. The zero-order valence-electron chi connectivity index (χ0n) is 11.2. The van der Waals surface area contributed by atoms with Gasteiger partial charge in [0.05, 0.1) is 19.3 Å². The van der Waals surface area contributed by atoms with Crippen LogP contribution in [0.15, 0.2) is 0 Å². The first kappa shape index (κ1) is 13.8. The molecule has 0 aromatic carbocycles. The number of ether oxygens (including phenoxy) is 1. The van der Waals surface area contributed by atoms with Crippen molar-refractivity contribution < 1.29 is 9.53 Å². The molecule has 2 saturated carbocycles. The van der Waals surface area contributed by atoms with E-state index in [0.717, 1.165) is 0 Å². The summed E-state index contributed by atoms with van der Waals surface area (Å²) in [5.74, 6) is 0.0944. The summed E-state index contributed by atoms with van der Waals surface area (Å²) >= 11 is 0. The molecule has 0 saturated heterocycles. The molecule has 0 aromatic heterocycles. The lowest BCUT2D eigenvalue weighted by atomic mass is 10.2. The van der Waals surface area contributed by atoms with Gasteiger partial charge in [0.15, 0.2) is 0 Å². The van der Waals surface area contributed by atoms with E-state index < -0.39 is 0 Å². The van der Waals surface area contributed by atoms with Gasteiger partial charge in [-0.3, -0.25) is 4.79 Å². The molecule has 104 valence electrons. The molecular formula is C14H26N2O2. The van der Waals surface area contributed by atoms with Gasteiger partial charge in [-0.25, -0.2) is 0 Å². The number of carbonyl (C=O) groups is 1. The van der Waals surface area contributed by atoms with E-state index >= 15 is 0 Å². The van der Waals surface area contributed by atoms with Gasteiger partial charge in [-0.15, -0.1) is 0 Å². The summed E-state index contributed by atoms with van der Waals surface area (Å²) in [6, 6.07) is 0.561. The number of hydrogen-bond acceptors (Lipinski definition) is 3. The molecule has 2 fully saturated rings. The highest BCUT2D eigenvalue weighted by atomic mass is 16.5. The predicted octanol–water partition coefficient (Wildman–Crippen LogP) is 1.59. The van der Waals surface area contributed by atoms with Crippen LogP contribution in [0.4, 0.5) is 0 Å². The fourth-order valence-corrected chi connectivity index (χ4v) is 2.90. The molecule has 0 radical (unpaired) electrons. The van der Waals surface area contributed by atoms with Gasteiger partial charge in [-0.1, -0.05) is 25.7 Å². The number of rotatable bonds is 7. The maximum Gasteiger partial charge on any atom is 0.234 e. The smallest absolute Gasteiger partial charge is 0.234 e. The van der Waals surface area contributed by atoms with Crippen molar-refractivity contribution >= 4 is 5.91 Å². The molecule has 0 aromatic rings. The Morgan fingerprint density at radius 1 is 1.06 bits per heavy atom. The van der Waals surface area contributed by atoms with Crippen LogP contribution in [0.25, 0.3) is 0 Å². The molecule has 18 heavy (non-hydrogen) atoms. The Kier molecular flexibility index (Phi) is 5.94. The minimum Gasteiger partial charge on any atom is -0.376 e. The minimum atomic E-state index is 0.0944. The third kappa shape index (κ3) is 4.94. The van der Waals surface area contributed by atoms with Crippen LogP contribution in [-0.2, 0) is 9.53 Å². The molecular weight excluding hydrogens is 228 g/mol. The van der Waals surface area contributed by atoms with Crippen molar-refractivity contribution in [2.75, 3.05) is 19.7 Å². The van der Waals surface area contributed by atoms with Gasteiger partial charge in [-0.2, -0.15) is 0 Å². The van der Waals surface area contributed by atoms with E-state index in [1.54, 1.807) is 0 Å². The second kappa shape index (κ2) is 7.74. The van der Waals surface area contributed by atoms with E-state index in [1.807, 2.05) is 0 Å². The molecule has 0 spiro atoms. The summed E-state index contributed by atoms with van der Waals surface area (Å²) in [5, 5.41) is 6.21. The zero-order chi connectivity index (χ0) is 12.6. The Morgan fingerprint density at radius 2 is 1.72 bits per heavy atom. The summed E-state index contributed by atoms with van der Waals surface area (Å²) in [6.07, 6.45) is 10.5. The van der Waals surface area contributed by atoms with E-state index in [0.29, 0.717) is 31.8 Å². The van der Waals surface area contributed by atoms with Crippen LogP contribution >= 0.6 is 0 Å². The number of nitrogens with one attached hydrogen (secondary N) is 2. The highest BCUT2D eigenvalue weighted by Gasteiger charge is 2.16. The molecule has 0 heterocycles. The fraction of sp³-hybridized carbons (Fsp3) is 0.929. The summed E-state index contributed by atoms with van der Waals surface area (Å²) in [7, 11) is 0. The van der Waals surface area contributed by atoms with Crippen LogP contribution in [0.2, 0.25) is 0 Å². The Labute approximate surface area is 110 Å². The molecule has 1 amide bonds. The second-order valence-electron chi connectivity index (χ2n) is 5.49. The summed E-state index contributed by atoms with van der Waals surface area (Å²) < 4.78 is 5.70. The lowest BCUT2D eigenvalue weighted by Crippen LogP contribution is -2.39. The van der Waals surface area contributed by atoms with Crippen LogP contribution in [0, 0.1) is 0 Å². The Bertz CT molecular complexity index is 246. The van der Waals surface area contributed by atoms with Gasteiger partial charge in [0.25, 0.3) is 0 Å². The van der Waals surface area contributed by atoms with E-state index in [2.05, 4.69) is 10.6 Å². The van der Waals surface area contributed by atoms with Crippen LogP contribution in [0.1, 0.15) is 51.4 Å². The summed E-state index contributed by atoms with van der Waals surface area (Å²) in [5.41, 5.74) is 0. The molecule has 2 aliphatic rings. The number of carbonyl (C=O) groups excluding carboxylic acids is 1. The summed E-state index contributed by atoms with van der Waals surface area (Å²) in [6.45, 7) is 1.75. The predicted molar refractivity (Wildman–Crippen MR) is 71.5 cm³/mol. The fourth-order valence-electron chi connectivity index (χ4n) is 2.90. The van der Waals surface area contributed by atoms with Gasteiger partial charge >= 0.3 is 0 Å². The molecule has 4 nitrogen and oxygen atoms in total. The Hall–Kier alpha value is -0.610. The van der Waals surface area contributed by atoms with Gasteiger partial charge in [-0.05, 0) is 25.7 Å². The Balaban J connectivity index is 1.44. The standard InChI is InChI=1S/C14H26N2O2/c17-14(11-16-12-5-1-2-6-12)15-9-10-18-13-7-3-4-8-13/h12-13,16H,1-11H2,(H,15,17). The average Bonchev–Trinajstić information content (AvgIpc) is 3.04. The van der Waals surface area contributed by atoms with Crippen molar-refractivity contribution in [3.8, 4) is 0 Å². The molecule has 2 N–H and O–H groups in total. The first-order chi connectivity index (χ1) is 8.84. The molecule has 4 heteroatoms. The average molecular weight is 254 g/mol. The maximum absolute atomic E-state index is 11.6. The van der Waals surface area contributed by atoms with Crippen LogP contribution in [0.3, 0.4) is 0 Å². The maximum atomic E-state index is 11.6. The molecule has 2 rings (SSSR count). The number of amides is 1. The van der Waals surface area contributed by atoms with Crippen LogP contribution < -0.4 is 10.6 Å². The lowest BCUT2D eigenvalue weighted by molar-refractivity contribution is -0.120. The normalized spacial score (nSPS) is 21.6. The molecule has 0 atom stereocenters. The van der Waals surface area contributed by atoms with E-state index in [9.17, 15) is 4.79 Å². The van der Waals surface area contributed by atoms with Crippen molar-refractivity contribution in [1.82, 2.24) is 10.6 Å². The van der Waals surface area contributed by atoms with E-state index in [1.165, 1.54) is 51.4 Å². The zero-order valence-corrected chi connectivity index (χ0v) is 11.2. The lowest BCUT2D eigenvalue weighted by Gasteiger charge is -2.13. The van der Waals surface area contributed by atoms with Gasteiger partial charge in [0.2, 0.25) is 5.91 Å². The van der Waals surface area contributed by atoms with Crippen molar-refractivity contribution in [1.29, 1.82) is 0 Å². The molecule has 2 aliphatic carbocycles. The van der Waals surface area contributed by atoms with Gasteiger partial charge in [0, 0.05) is 12.6 Å². The first-order valence-corrected chi connectivity index (χ1v) is 7.46. The Morgan fingerprint density at radius 3 is 2.44 bits per heavy atom. The van der Waals surface area contributed by atoms with E-state index in [4.69, 9.17) is 4.74 Å². The number of hydrogen-bond donors (Lipinski definition) is 2. The van der Waals surface area contributed by atoms with Crippen LogP contribution in [-0.4, -0.2) is 37.7 Å². The van der Waals surface area contributed by atoms with E-state index in [-0.39, 0.29) is 5.91 Å². The molecule has 0 bridgehead atoms. The highest BCUT2D eigenvalue weighted by Crippen LogP contribution is 2.20. The largest absolute Gasteiger partial charge is 0.376 e. The van der Waals surface area contributed by atoms with Crippen molar-refractivity contribution in [2.45, 2.75) is 63.5 Å². The first-order valence-electron chi connectivity index (χ1n) is 7.46. The van der Waals surface area contributed by atoms with Crippen molar-refractivity contribution in [3.05, 3.63) is 0 Å². The van der Waals surface area contributed by atoms with Crippen molar-refractivity contribution in [3.63, 3.8) is 0 Å².